The number of aliphatic hydroxyl groups is 1. The Hall–Kier alpha value is -0.0600. The van der Waals surface area contributed by atoms with Crippen molar-refractivity contribution in [1.29, 1.82) is 0 Å². The second kappa shape index (κ2) is 5.14. The Morgan fingerprint density at radius 1 is 1.57 bits per heavy atom. The van der Waals surface area contributed by atoms with Gasteiger partial charge in [-0.1, -0.05) is 13.3 Å². The van der Waals surface area contributed by atoms with Crippen LogP contribution in [-0.4, -0.2) is 41.2 Å². The molecule has 0 aromatic heterocycles. The summed E-state index contributed by atoms with van der Waals surface area (Å²) >= 11 is 1.86. The summed E-state index contributed by atoms with van der Waals surface area (Å²) in [5, 5.41) is 8.76. The van der Waals surface area contributed by atoms with Gasteiger partial charge >= 0.3 is 5.91 Å². The van der Waals surface area contributed by atoms with E-state index in [0.29, 0.717) is 6.54 Å². The van der Waals surface area contributed by atoms with Crippen LogP contribution < -0.4 is 4.90 Å². The fourth-order valence-electron chi connectivity index (χ4n) is 1.63. The van der Waals surface area contributed by atoms with Gasteiger partial charge in [0.25, 0.3) is 0 Å². The van der Waals surface area contributed by atoms with Crippen molar-refractivity contribution in [2.45, 2.75) is 32.2 Å². The molecule has 14 heavy (non-hydrogen) atoms. The van der Waals surface area contributed by atoms with Gasteiger partial charge in [-0.25, -0.2) is 9.69 Å². The Kier molecular flexibility index (Phi) is 4.41. The van der Waals surface area contributed by atoms with Gasteiger partial charge in [-0.2, -0.15) is 11.8 Å². The molecule has 0 aromatic carbocycles. The predicted molar refractivity (Wildman–Crippen MR) is 58.6 cm³/mol. The number of rotatable bonds is 7. The molecule has 2 unspecified atom stereocenters. The Labute approximate surface area is 89.9 Å². The zero-order valence-corrected chi connectivity index (χ0v) is 9.82. The molecule has 0 spiro atoms. The van der Waals surface area contributed by atoms with Gasteiger partial charge in [-0.15, -0.1) is 0 Å². The van der Waals surface area contributed by atoms with Gasteiger partial charge in [0.2, 0.25) is 5.54 Å². The number of nitrogens with one attached hydrogen (secondary N) is 1. The maximum Gasteiger partial charge on any atom is 0.375 e. The van der Waals surface area contributed by atoms with E-state index in [2.05, 4.69) is 6.92 Å². The topological polar surface area (TPSA) is 41.7 Å². The van der Waals surface area contributed by atoms with Crippen molar-refractivity contribution in [2.75, 3.05) is 24.7 Å². The number of hydrogen-bond acceptors (Lipinski definition) is 3. The minimum atomic E-state index is -0.193. The molecule has 1 fully saturated rings. The van der Waals surface area contributed by atoms with Crippen LogP contribution in [0.15, 0.2) is 0 Å². The van der Waals surface area contributed by atoms with Gasteiger partial charge in [0.15, 0.2) is 0 Å². The van der Waals surface area contributed by atoms with E-state index in [9.17, 15) is 4.79 Å². The quantitative estimate of drug-likeness (QED) is 0.455. The highest BCUT2D eigenvalue weighted by atomic mass is 32.2. The van der Waals surface area contributed by atoms with E-state index in [1.165, 1.54) is 12.8 Å². The van der Waals surface area contributed by atoms with Gasteiger partial charge in [0.1, 0.15) is 6.54 Å². The normalized spacial score (nSPS) is 30.8. The molecular weight excluding hydrogens is 198 g/mol. The van der Waals surface area contributed by atoms with Crippen molar-refractivity contribution < 1.29 is 14.8 Å². The number of quaternary nitrogens is 1. The third-order valence-corrected chi connectivity index (χ3v) is 4.13. The van der Waals surface area contributed by atoms with E-state index in [4.69, 9.17) is 5.11 Å². The molecular formula is C10H20NO2S+. The summed E-state index contributed by atoms with van der Waals surface area (Å²) in [7, 11) is 0. The molecule has 0 bridgehead atoms. The molecule has 0 aliphatic carbocycles. The van der Waals surface area contributed by atoms with Crippen LogP contribution in [0.5, 0.6) is 0 Å². The molecule has 82 valence electrons. The number of aliphatic hydroxyl groups excluding tert-OH is 1. The third-order valence-electron chi connectivity index (χ3n) is 2.77. The number of carbonyl (C=O) groups excluding carboxylic acids is 1. The smallest absolute Gasteiger partial charge is 0.375 e. The van der Waals surface area contributed by atoms with Crippen LogP contribution >= 0.6 is 11.8 Å². The van der Waals surface area contributed by atoms with Gasteiger partial charge < -0.3 is 5.11 Å². The molecule has 0 radical (unpaired) electrons. The molecule has 0 saturated carbocycles. The zero-order chi connectivity index (χ0) is 10.6. The van der Waals surface area contributed by atoms with E-state index in [1.54, 1.807) is 0 Å². The Morgan fingerprint density at radius 2 is 2.29 bits per heavy atom. The van der Waals surface area contributed by atoms with Crippen LogP contribution in [0.3, 0.4) is 0 Å². The highest BCUT2D eigenvalue weighted by molar-refractivity contribution is 7.99. The number of thioether (sulfide) groups is 1. The maximum atomic E-state index is 11.4. The zero-order valence-electron chi connectivity index (χ0n) is 9.01. The largest absolute Gasteiger partial charge is 0.390 e. The van der Waals surface area contributed by atoms with E-state index in [1.807, 2.05) is 18.7 Å². The van der Waals surface area contributed by atoms with Crippen molar-refractivity contribution >= 4 is 17.7 Å². The number of hydrogen-bond donors (Lipinski definition) is 2. The van der Waals surface area contributed by atoms with E-state index < -0.39 is 0 Å². The lowest BCUT2D eigenvalue weighted by atomic mass is 10.2. The molecule has 0 aromatic rings. The first-order valence-corrected chi connectivity index (χ1v) is 6.42. The van der Waals surface area contributed by atoms with Crippen LogP contribution in [0.25, 0.3) is 0 Å². The average molecular weight is 218 g/mol. The number of amides is 1. The first-order valence-electron chi connectivity index (χ1n) is 5.26. The molecule has 1 rings (SSSR count). The average Bonchev–Trinajstić information content (AvgIpc) is 2.67. The van der Waals surface area contributed by atoms with Crippen molar-refractivity contribution in [3.63, 3.8) is 0 Å². The molecule has 4 heteroatoms. The molecule has 1 aliphatic rings. The number of unbranched alkanes of at least 4 members (excludes halogenated alkanes) is 1. The fourth-order valence-corrected chi connectivity index (χ4v) is 2.98. The van der Waals surface area contributed by atoms with Crippen LogP contribution in [0.1, 0.15) is 26.7 Å². The first-order chi connectivity index (χ1) is 6.66. The predicted octanol–water partition coefficient (Wildman–Crippen LogP) is -0.304. The first kappa shape index (κ1) is 12.0. The third kappa shape index (κ3) is 2.49. The molecule has 1 saturated heterocycles. The Bertz CT molecular complexity index is 210. The summed E-state index contributed by atoms with van der Waals surface area (Å²) < 4.78 is 0. The maximum absolute atomic E-state index is 11.4. The van der Waals surface area contributed by atoms with Crippen molar-refractivity contribution in [2.24, 2.45) is 0 Å². The highest BCUT2D eigenvalue weighted by Gasteiger charge is 2.66. The minimum Gasteiger partial charge on any atom is -0.390 e. The summed E-state index contributed by atoms with van der Waals surface area (Å²) in [6.45, 7) is 4.85. The lowest BCUT2D eigenvalue weighted by Gasteiger charge is -2.03. The molecule has 1 heterocycles. The molecule has 2 atom stereocenters. The Balaban J connectivity index is 2.20. The van der Waals surface area contributed by atoms with Crippen LogP contribution in [-0.2, 0) is 4.79 Å². The van der Waals surface area contributed by atoms with E-state index in [-0.39, 0.29) is 18.1 Å². The highest BCUT2D eigenvalue weighted by Crippen LogP contribution is 2.18. The lowest BCUT2D eigenvalue weighted by Crippen LogP contribution is -2.99. The van der Waals surface area contributed by atoms with Crippen LogP contribution in [0.4, 0.5) is 0 Å². The lowest BCUT2D eigenvalue weighted by molar-refractivity contribution is -0.753. The standard InChI is InChI=1S/C10H19NO2S/c1-3-4-7-14-8-10(2)9(13)11(10)5-6-12/h12H,3-8H2,1-2H3/p+1. The molecule has 1 aliphatic heterocycles. The van der Waals surface area contributed by atoms with Crippen molar-refractivity contribution in [1.82, 2.24) is 0 Å². The number of carbonyl (C=O) groups is 1. The second-order valence-corrected chi connectivity index (χ2v) is 5.12. The summed E-state index contributed by atoms with van der Waals surface area (Å²) in [4.78, 5) is 12.4. The van der Waals surface area contributed by atoms with Gasteiger partial charge in [-0.05, 0) is 12.2 Å². The monoisotopic (exact) mass is 218 g/mol. The summed E-state index contributed by atoms with van der Waals surface area (Å²) in [5.74, 6) is 2.32. The molecule has 2 N–H and O–H groups in total. The fraction of sp³-hybridized carbons (Fsp3) is 0.900. The van der Waals surface area contributed by atoms with Gasteiger partial charge in [0, 0.05) is 6.92 Å². The van der Waals surface area contributed by atoms with Crippen molar-refractivity contribution in [3.8, 4) is 0 Å². The molecule has 3 nitrogen and oxygen atoms in total. The SMILES string of the molecule is CCCCSCC1(C)C(=O)[NH+]1CCO. The summed E-state index contributed by atoms with van der Waals surface area (Å²) in [6, 6.07) is 0. The van der Waals surface area contributed by atoms with E-state index >= 15 is 0 Å². The van der Waals surface area contributed by atoms with Crippen LogP contribution in [0.2, 0.25) is 0 Å². The second-order valence-electron chi connectivity index (χ2n) is 4.02. The molecule has 1 amide bonds. The minimum absolute atomic E-state index is 0.107. The summed E-state index contributed by atoms with van der Waals surface area (Å²) in [5.41, 5.74) is -0.193. The Morgan fingerprint density at radius 3 is 2.86 bits per heavy atom. The van der Waals surface area contributed by atoms with E-state index in [0.717, 1.165) is 16.4 Å². The van der Waals surface area contributed by atoms with Gasteiger partial charge in [-0.3, -0.25) is 0 Å². The van der Waals surface area contributed by atoms with Crippen LogP contribution in [0, 0.1) is 0 Å². The van der Waals surface area contributed by atoms with Crippen molar-refractivity contribution in [3.05, 3.63) is 0 Å². The van der Waals surface area contributed by atoms with Gasteiger partial charge in [0.05, 0.1) is 12.4 Å². The summed E-state index contributed by atoms with van der Waals surface area (Å²) in [6.07, 6.45) is 2.44.